The number of nitrogens with zero attached hydrogens (tertiary/aromatic N) is 1. The third kappa shape index (κ3) is 4.42. The van der Waals surface area contributed by atoms with E-state index in [0.717, 1.165) is 17.7 Å². The largest absolute Gasteiger partial charge is 0.354 e. The maximum absolute atomic E-state index is 12.3. The Kier molecular flexibility index (Phi) is 5.93. The molecule has 1 unspecified atom stereocenters. The average molecular weight is 315 g/mol. The Hall–Kier alpha value is -2.14. The summed E-state index contributed by atoms with van der Waals surface area (Å²) in [4.78, 5) is 25.8. The third-order valence-electron chi connectivity index (χ3n) is 4.01. The van der Waals surface area contributed by atoms with Gasteiger partial charge in [0, 0.05) is 25.7 Å². The fourth-order valence-corrected chi connectivity index (χ4v) is 2.85. The van der Waals surface area contributed by atoms with Crippen LogP contribution in [0.15, 0.2) is 30.5 Å². The van der Waals surface area contributed by atoms with Gasteiger partial charge >= 0.3 is 0 Å². The predicted molar refractivity (Wildman–Crippen MR) is 91.5 cm³/mol. The molecule has 1 aliphatic rings. The SMILES string of the molecule is CCN[C@H](C)CNC(=O)CC1c2ccccc2C=CN1C(C)=O. The van der Waals surface area contributed by atoms with Gasteiger partial charge in [-0.1, -0.05) is 31.2 Å². The number of carbonyl (C=O) groups is 2. The van der Waals surface area contributed by atoms with Crippen LogP contribution in [-0.2, 0) is 9.59 Å². The van der Waals surface area contributed by atoms with Crippen molar-refractivity contribution in [2.75, 3.05) is 13.1 Å². The van der Waals surface area contributed by atoms with Crippen LogP contribution in [0.25, 0.3) is 6.08 Å². The lowest BCUT2D eigenvalue weighted by molar-refractivity contribution is -0.130. The molecule has 2 rings (SSSR count). The summed E-state index contributed by atoms with van der Waals surface area (Å²) in [5.74, 6) is -0.106. The molecule has 2 atom stereocenters. The smallest absolute Gasteiger partial charge is 0.223 e. The summed E-state index contributed by atoms with van der Waals surface area (Å²) < 4.78 is 0. The molecule has 1 aromatic carbocycles. The zero-order valence-electron chi connectivity index (χ0n) is 14.0. The predicted octanol–water partition coefficient (Wildman–Crippen LogP) is 2.06. The topological polar surface area (TPSA) is 61.4 Å². The van der Waals surface area contributed by atoms with E-state index in [-0.39, 0.29) is 30.3 Å². The first-order valence-corrected chi connectivity index (χ1v) is 8.09. The zero-order valence-corrected chi connectivity index (χ0v) is 14.0. The number of likely N-dealkylation sites (N-methyl/N-ethyl adjacent to an activating group) is 1. The van der Waals surface area contributed by atoms with E-state index in [1.54, 1.807) is 11.1 Å². The number of hydrogen-bond acceptors (Lipinski definition) is 3. The molecule has 2 amide bonds. The number of carbonyl (C=O) groups excluding carboxylic acids is 2. The van der Waals surface area contributed by atoms with Gasteiger partial charge in [-0.05, 0) is 30.7 Å². The molecule has 0 bridgehead atoms. The maximum Gasteiger partial charge on any atom is 0.223 e. The van der Waals surface area contributed by atoms with E-state index in [2.05, 4.69) is 10.6 Å². The Morgan fingerprint density at radius 2 is 2.04 bits per heavy atom. The number of nitrogens with one attached hydrogen (secondary N) is 2. The van der Waals surface area contributed by atoms with Gasteiger partial charge in [0.15, 0.2) is 0 Å². The molecule has 0 aliphatic carbocycles. The van der Waals surface area contributed by atoms with E-state index >= 15 is 0 Å². The molecule has 5 nitrogen and oxygen atoms in total. The van der Waals surface area contributed by atoms with Crippen molar-refractivity contribution in [1.82, 2.24) is 15.5 Å². The van der Waals surface area contributed by atoms with Crippen LogP contribution in [-0.4, -0.2) is 35.8 Å². The van der Waals surface area contributed by atoms with Crippen molar-refractivity contribution in [3.8, 4) is 0 Å². The fourth-order valence-electron chi connectivity index (χ4n) is 2.85. The zero-order chi connectivity index (χ0) is 16.8. The quantitative estimate of drug-likeness (QED) is 0.845. The second kappa shape index (κ2) is 7.92. The third-order valence-corrected chi connectivity index (χ3v) is 4.01. The molecule has 1 heterocycles. The molecular weight excluding hydrogens is 290 g/mol. The van der Waals surface area contributed by atoms with Crippen LogP contribution in [0.4, 0.5) is 0 Å². The second-order valence-corrected chi connectivity index (χ2v) is 5.85. The lowest BCUT2D eigenvalue weighted by Gasteiger charge is -2.32. The van der Waals surface area contributed by atoms with Crippen molar-refractivity contribution < 1.29 is 9.59 Å². The Labute approximate surface area is 137 Å². The van der Waals surface area contributed by atoms with Crippen molar-refractivity contribution in [1.29, 1.82) is 0 Å². The van der Waals surface area contributed by atoms with Gasteiger partial charge in [0.25, 0.3) is 0 Å². The summed E-state index contributed by atoms with van der Waals surface area (Å²) in [6.45, 7) is 7.04. The van der Waals surface area contributed by atoms with Gasteiger partial charge < -0.3 is 15.5 Å². The first-order chi connectivity index (χ1) is 11.0. The summed E-state index contributed by atoms with van der Waals surface area (Å²) in [6.07, 6.45) is 3.95. The molecule has 0 aromatic heterocycles. The van der Waals surface area contributed by atoms with Gasteiger partial charge in [-0.15, -0.1) is 0 Å². The van der Waals surface area contributed by atoms with Gasteiger partial charge in [0.2, 0.25) is 11.8 Å². The normalized spacial score (nSPS) is 17.5. The van der Waals surface area contributed by atoms with Crippen LogP contribution in [0.3, 0.4) is 0 Å². The van der Waals surface area contributed by atoms with E-state index in [1.165, 1.54) is 6.92 Å². The minimum absolute atomic E-state index is 0.0453. The van der Waals surface area contributed by atoms with E-state index in [1.807, 2.05) is 44.2 Å². The highest BCUT2D eigenvalue weighted by atomic mass is 16.2. The Morgan fingerprint density at radius 3 is 2.74 bits per heavy atom. The van der Waals surface area contributed by atoms with Gasteiger partial charge in [-0.25, -0.2) is 0 Å². The molecule has 0 radical (unpaired) electrons. The van der Waals surface area contributed by atoms with Crippen molar-refractivity contribution in [2.24, 2.45) is 0 Å². The van der Waals surface area contributed by atoms with Crippen LogP contribution in [0.1, 0.15) is 44.4 Å². The average Bonchev–Trinajstić information content (AvgIpc) is 2.53. The summed E-state index contributed by atoms with van der Waals surface area (Å²) in [6, 6.07) is 7.86. The van der Waals surface area contributed by atoms with Crippen LogP contribution >= 0.6 is 0 Å². The molecule has 0 spiro atoms. The van der Waals surface area contributed by atoms with Crippen LogP contribution in [0.5, 0.6) is 0 Å². The van der Waals surface area contributed by atoms with Gasteiger partial charge in [-0.3, -0.25) is 9.59 Å². The van der Waals surface area contributed by atoms with Crippen LogP contribution < -0.4 is 10.6 Å². The highest BCUT2D eigenvalue weighted by Crippen LogP contribution is 2.32. The minimum Gasteiger partial charge on any atom is -0.354 e. The lowest BCUT2D eigenvalue weighted by atomic mass is 9.93. The van der Waals surface area contributed by atoms with E-state index in [4.69, 9.17) is 0 Å². The van der Waals surface area contributed by atoms with Crippen molar-refractivity contribution in [3.63, 3.8) is 0 Å². The van der Waals surface area contributed by atoms with Crippen molar-refractivity contribution in [3.05, 3.63) is 41.6 Å². The molecule has 0 fully saturated rings. The Bertz CT molecular complexity index is 598. The van der Waals surface area contributed by atoms with E-state index in [9.17, 15) is 9.59 Å². The fraction of sp³-hybridized carbons (Fsp3) is 0.444. The summed E-state index contributed by atoms with van der Waals surface area (Å²) in [7, 11) is 0. The van der Waals surface area contributed by atoms with Crippen LogP contribution in [0.2, 0.25) is 0 Å². The molecule has 0 saturated carbocycles. The number of benzene rings is 1. The van der Waals surface area contributed by atoms with E-state index < -0.39 is 0 Å². The first kappa shape index (κ1) is 17.2. The van der Waals surface area contributed by atoms with Crippen LogP contribution in [0, 0.1) is 0 Å². The highest BCUT2D eigenvalue weighted by Gasteiger charge is 2.28. The summed E-state index contributed by atoms with van der Waals surface area (Å²) in [5.41, 5.74) is 2.07. The second-order valence-electron chi connectivity index (χ2n) is 5.85. The standard InChI is InChI=1S/C18H25N3O2/c1-4-19-13(2)12-20-18(23)11-17-16-8-6-5-7-15(16)9-10-21(17)14(3)22/h5-10,13,17,19H,4,11-12H2,1-3H3,(H,20,23)/t13-,17?/m1/s1. The summed E-state index contributed by atoms with van der Waals surface area (Å²) >= 11 is 0. The number of fused-ring (bicyclic) bond motifs is 1. The summed E-state index contributed by atoms with van der Waals surface area (Å²) in [5, 5.41) is 6.20. The Balaban J connectivity index is 2.07. The number of rotatable bonds is 6. The van der Waals surface area contributed by atoms with Gasteiger partial charge in [0.1, 0.15) is 0 Å². The Morgan fingerprint density at radius 1 is 1.30 bits per heavy atom. The monoisotopic (exact) mass is 315 g/mol. The molecule has 1 aliphatic heterocycles. The number of amides is 2. The molecule has 2 N–H and O–H groups in total. The first-order valence-electron chi connectivity index (χ1n) is 8.09. The van der Waals surface area contributed by atoms with Gasteiger partial charge in [-0.2, -0.15) is 0 Å². The highest BCUT2D eigenvalue weighted by molar-refractivity contribution is 5.81. The van der Waals surface area contributed by atoms with Gasteiger partial charge in [0.05, 0.1) is 12.5 Å². The lowest BCUT2D eigenvalue weighted by Crippen LogP contribution is -2.40. The molecule has 0 saturated heterocycles. The molecule has 23 heavy (non-hydrogen) atoms. The molecule has 5 heteroatoms. The number of hydrogen-bond donors (Lipinski definition) is 2. The maximum atomic E-state index is 12.3. The molecule has 124 valence electrons. The molecule has 1 aromatic rings. The molecular formula is C18H25N3O2. The van der Waals surface area contributed by atoms with E-state index in [0.29, 0.717) is 6.54 Å². The van der Waals surface area contributed by atoms with Crippen molar-refractivity contribution >= 4 is 17.9 Å². The van der Waals surface area contributed by atoms with Crippen molar-refractivity contribution in [2.45, 2.75) is 39.3 Å². The minimum atomic E-state index is -0.247.